The predicted molar refractivity (Wildman–Crippen MR) is 91.5 cm³/mol. The minimum atomic E-state index is -0.548. The summed E-state index contributed by atoms with van der Waals surface area (Å²) in [5.74, 6) is -0.0469. The Morgan fingerprint density at radius 2 is 2.04 bits per heavy atom. The van der Waals surface area contributed by atoms with Crippen molar-refractivity contribution in [3.05, 3.63) is 68.7 Å². The molecule has 2 aromatic rings. The van der Waals surface area contributed by atoms with E-state index in [1.165, 1.54) is 29.3 Å². The molecule has 0 radical (unpaired) electrons. The van der Waals surface area contributed by atoms with Gasteiger partial charge in [0, 0.05) is 18.7 Å². The first-order valence-electron chi connectivity index (χ1n) is 7.35. The first-order chi connectivity index (χ1) is 11.5. The van der Waals surface area contributed by atoms with Crippen LogP contribution in [0.2, 0.25) is 5.02 Å². The molecule has 1 N–H and O–H groups in total. The van der Waals surface area contributed by atoms with Gasteiger partial charge in [-0.05, 0) is 30.5 Å². The maximum Gasteiger partial charge on any atom is 0.271 e. The fourth-order valence-electron chi connectivity index (χ4n) is 2.14. The Hall–Kier alpha value is -2.60. The number of non-ortho nitro benzene ring substituents is 1. The lowest BCUT2D eigenvalue weighted by Crippen LogP contribution is -2.30. The Labute approximate surface area is 144 Å². The Kier molecular flexibility index (Phi) is 6.14. The van der Waals surface area contributed by atoms with Crippen LogP contribution >= 0.6 is 11.6 Å². The zero-order chi connectivity index (χ0) is 17.5. The van der Waals surface area contributed by atoms with Gasteiger partial charge in [-0.3, -0.25) is 14.9 Å². The number of carbonyl (C=O) groups excluding carboxylic acids is 1. The summed E-state index contributed by atoms with van der Waals surface area (Å²) in [7, 11) is 0. The number of nitro groups is 1. The molecule has 7 heteroatoms. The second-order valence-corrected chi connectivity index (χ2v) is 5.59. The van der Waals surface area contributed by atoms with E-state index in [1.807, 2.05) is 31.2 Å². The third kappa shape index (κ3) is 4.96. The Balaban J connectivity index is 1.79. The van der Waals surface area contributed by atoms with Gasteiger partial charge >= 0.3 is 0 Å². The van der Waals surface area contributed by atoms with E-state index in [-0.39, 0.29) is 29.0 Å². The number of nitrogens with one attached hydrogen (secondary N) is 1. The second kappa shape index (κ2) is 8.31. The molecular formula is C17H17ClN2O4. The van der Waals surface area contributed by atoms with Crippen molar-refractivity contribution < 1.29 is 14.5 Å². The number of hydrogen-bond donors (Lipinski definition) is 1. The van der Waals surface area contributed by atoms with Crippen molar-refractivity contribution in [3.63, 3.8) is 0 Å². The van der Waals surface area contributed by atoms with Crippen LogP contribution in [0.5, 0.6) is 5.75 Å². The fraction of sp³-hybridized carbons (Fsp3) is 0.235. The van der Waals surface area contributed by atoms with Gasteiger partial charge in [-0.1, -0.05) is 35.9 Å². The van der Waals surface area contributed by atoms with Crippen molar-refractivity contribution in [1.82, 2.24) is 5.32 Å². The summed E-state index contributed by atoms with van der Waals surface area (Å²) in [6, 6.07) is 11.8. The molecule has 0 aliphatic heterocycles. The van der Waals surface area contributed by atoms with Gasteiger partial charge in [0.05, 0.1) is 9.95 Å². The highest BCUT2D eigenvalue weighted by Gasteiger charge is 2.11. The summed E-state index contributed by atoms with van der Waals surface area (Å²) in [4.78, 5) is 21.9. The van der Waals surface area contributed by atoms with Crippen molar-refractivity contribution in [3.8, 4) is 5.75 Å². The Morgan fingerprint density at radius 3 is 2.71 bits per heavy atom. The molecule has 0 saturated carbocycles. The lowest BCUT2D eigenvalue weighted by molar-refractivity contribution is -0.384. The number of hydrogen-bond acceptors (Lipinski definition) is 4. The van der Waals surface area contributed by atoms with E-state index in [0.717, 1.165) is 6.42 Å². The van der Waals surface area contributed by atoms with Gasteiger partial charge in [-0.25, -0.2) is 0 Å². The number of rotatable bonds is 7. The van der Waals surface area contributed by atoms with Crippen LogP contribution < -0.4 is 10.1 Å². The summed E-state index contributed by atoms with van der Waals surface area (Å²) >= 11 is 5.90. The Morgan fingerprint density at radius 1 is 1.29 bits per heavy atom. The topological polar surface area (TPSA) is 81.5 Å². The highest BCUT2D eigenvalue weighted by molar-refractivity contribution is 6.32. The summed E-state index contributed by atoms with van der Waals surface area (Å²) < 4.78 is 5.29. The number of nitrogens with zero attached hydrogens (tertiary/aromatic N) is 1. The van der Waals surface area contributed by atoms with Gasteiger partial charge in [0.2, 0.25) is 0 Å². The van der Waals surface area contributed by atoms with E-state index in [4.69, 9.17) is 16.3 Å². The molecule has 2 aromatic carbocycles. The summed E-state index contributed by atoms with van der Waals surface area (Å²) in [6.07, 6.45) is 0.733. The molecule has 0 aliphatic rings. The highest BCUT2D eigenvalue weighted by atomic mass is 35.5. The Bertz CT molecular complexity index is 749. The maximum absolute atomic E-state index is 11.8. The first-order valence-corrected chi connectivity index (χ1v) is 7.73. The lowest BCUT2D eigenvalue weighted by Gasteiger charge is -2.09. The molecule has 0 aliphatic carbocycles. The molecule has 0 aromatic heterocycles. The molecular weight excluding hydrogens is 332 g/mol. The van der Waals surface area contributed by atoms with Gasteiger partial charge in [0.25, 0.3) is 11.6 Å². The van der Waals surface area contributed by atoms with E-state index in [1.54, 1.807) is 0 Å². The third-order valence-corrected chi connectivity index (χ3v) is 3.76. The average molecular weight is 349 g/mol. The average Bonchev–Trinajstić information content (AvgIpc) is 2.55. The zero-order valence-electron chi connectivity index (χ0n) is 13.1. The molecule has 0 atom stereocenters. The molecule has 0 unspecified atom stereocenters. The number of benzene rings is 2. The minimum Gasteiger partial charge on any atom is -0.482 e. The van der Waals surface area contributed by atoms with Crippen LogP contribution in [0.15, 0.2) is 42.5 Å². The lowest BCUT2D eigenvalue weighted by atomic mass is 10.1. The first kappa shape index (κ1) is 17.7. The number of aryl methyl sites for hydroxylation is 1. The van der Waals surface area contributed by atoms with Gasteiger partial charge in [0.15, 0.2) is 6.61 Å². The molecule has 0 spiro atoms. The molecule has 0 saturated heterocycles. The van der Waals surface area contributed by atoms with Crippen LogP contribution in [-0.4, -0.2) is 24.0 Å². The van der Waals surface area contributed by atoms with E-state index in [2.05, 4.69) is 5.32 Å². The quantitative estimate of drug-likeness (QED) is 0.615. The normalized spacial score (nSPS) is 10.2. The molecule has 0 heterocycles. The molecule has 0 bridgehead atoms. The van der Waals surface area contributed by atoms with Crippen molar-refractivity contribution in [2.45, 2.75) is 13.3 Å². The largest absolute Gasteiger partial charge is 0.482 e. The van der Waals surface area contributed by atoms with Crippen LogP contribution in [0.3, 0.4) is 0 Å². The van der Waals surface area contributed by atoms with Crippen LogP contribution in [0, 0.1) is 17.0 Å². The van der Waals surface area contributed by atoms with Crippen LogP contribution in [0.25, 0.3) is 0 Å². The monoisotopic (exact) mass is 348 g/mol. The molecule has 1 amide bonds. The third-order valence-electron chi connectivity index (χ3n) is 3.46. The van der Waals surface area contributed by atoms with Gasteiger partial charge in [-0.2, -0.15) is 0 Å². The SMILES string of the molecule is Cc1ccccc1CCNC(=O)COc1ccc([N+](=O)[O-])cc1Cl. The van der Waals surface area contributed by atoms with Crippen LogP contribution in [0.4, 0.5) is 5.69 Å². The second-order valence-electron chi connectivity index (χ2n) is 5.19. The van der Waals surface area contributed by atoms with Crippen LogP contribution in [-0.2, 0) is 11.2 Å². The predicted octanol–water partition coefficient (Wildman–Crippen LogP) is 3.29. The standard InChI is InChI=1S/C17H17ClN2O4/c1-12-4-2-3-5-13(12)8-9-19-17(21)11-24-16-7-6-14(20(22)23)10-15(16)18/h2-7,10H,8-9,11H2,1H3,(H,19,21). The van der Waals surface area contributed by atoms with Gasteiger partial charge in [0.1, 0.15) is 5.75 Å². The van der Waals surface area contributed by atoms with Crippen molar-refractivity contribution in [1.29, 1.82) is 0 Å². The molecule has 6 nitrogen and oxygen atoms in total. The summed E-state index contributed by atoms with van der Waals surface area (Å²) in [6.45, 7) is 2.32. The molecule has 2 rings (SSSR count). The minimum absolute atomic E-state index is 0.0944. The van der Waals surface area contributed by atoms with Crippen LogP contribution in [0.1, 0.15) is 11.1 Å². The number of nitro benzene ring substituents is 1. The number of amides is 1. The number of ether oxygens (including phenoxy) is 1. The van der Waals surface area contributed by atoms with Crippen molar-refractivity contribution in [2.24, 2.45) is 0 Å². The summed E-state index contributed by atoms with van der Waals surface area (Å²) in [5, 5.41) is 13.5. The molecule has 0 fully saturated rings. The molecule has 24 heavy (non-hydrogen) atoms. The van der Waals surface area contributed by atoms with E-state index in [0.29, 0.717) is 6.54 Å². The van der Waals surface area contributed by atoms with Gasteiger partial charge < -0.3 is 10.1 Å². The summed E-state index contributed by atoms with van der Waals surface area (Å²) in [5.41, 5.74) is 2.23. The van der Waals surface area contributed by atoms with E-state index >= 15 is 0 Å². The zero-order valence-corrected chi connectivity index (χ0v) is 13.9. The van der Waals surface area contributed by atoms with E-state index < -0.39 is 4.92 Å². The van der Waals surface area contributed by atoms with Crippen molar-refractivity contribution >= 4 is 23.2 Å². The van der Waals surface area contributed by atoms with Crippen molar-refractivity contribution in [2.75, 3.05) is 13.2 Å². The highest BCUT2D eigenvalue weighted by Crippen LogP contribution is 2.28. The smallest absolute Gasteiger partial charge is 0.271 e. The number of halogens is 1. The molecule has 126 valence electrons. The van der Waals surface area contributed by atoms with E-state index in [9.17, 15) is 14.9 Å². The number of carbonyl (C=O) groups is 1. The maximum atomic E-state index is 11.8. The fourth-order valence-corrected chi connectivity index (χ4v) is 2.37. The van der Waals surface area contributed by atoms with Gasteiger partial charge in [-0.15, -0.1) is 0 Å².